The number of rotatable bonds is 5. The van der Waals surface area contributed by atoms with Gasteiger partial charge >= 0.3 is 0 Å². The summed E-state index contributed by atoms with van der Waals surface area (Å²) in [5.74, 6) is 1.92. The number of fused-ring (bicyclic) bond motifs is 10. The van der Waals surface area contributed by atoms with E-state index in [1.54, 1.807) is 0 Å². The molecule has 0 saturated carbocycles. The molecular formula is C53H33N5. The Hall–Kier alpha value is -7.89. The van der Waals surface area contributed by atoms with Gasteiger partial charge in [0.1, 0.15) is 0 Å². The molecule has 9 aromatic carbocycles. The van der Waals surface area contributed by atoms with E-state index in [1.807, 2.05) is 36.4 Å². The second-order valence-electron chi connectivity index (χ2n) is 14.8. The largest absolute Gasteiger partial charge is 0.309 e. The van der Waals surface area contributed by atoms with Crippen LogP contribution < -0.4 is 0 Å². The van der Waals surface area contributed by atoms with Crippen molar-refractivity contribution in [1.29, 1.82) is 0 Å². The molecule has 3 aromatic heterocycles. The van der Waals surface area contributed by atoms with Crippen LogP contribution in [0.5, 0.6) is 0 Å². The highest BCUT2D eigenvalue weighted by atomic mass is 15.0. The zero-order valence-corrected chi connectivity index (χ0v) is 31.3. The third-order valence-corrected chi connectivity index (χ3v) is 11.5. The molecular weight excluding hydrogens is 707 g/mol. The van der Waals surface area contributed by atoms with Crippen LogP contribution in [0.15, 0.2) is 200 Å². The normalized spacial score (nSPS) is 11.8. The molecule has 0 spiro atoms. The maximum Gasteiger partial charge on any atom is 0.164 e. The maximum absolute atomic E-state index is 5.14. The standard InChI is InChI=1S/C53H33N5/c1-4-17-35(18-5-1)51-54-52(36-19-6-2-7-20-36)56-53(55-51)43-27-14-26-40-39(43)25-15-29-45(40)58-46-32-30-34-16-10-11-23-38(34)48(46)49-47(58)33-31-42-41-24-12-13-28-44(41)57(50(42)49)37-21-8-3-9-22-37/h1-33H. The summed E-state index contributed by atoms with van der Waals surface area (Å²) in [5, 5.41) is 9.57. The highest BCUT2D eigenvalue weighted by Crippen LogP contribution is 2.45. The van der Waals surface area contributed by atoms with Crippen molar-refractivity contribution in [3.63, 3.8) is 0 Å². The molecule has 58 heavy (non-hydrogen) atoms. The van der Waals surface area contributed by atoms with E-state index in [0.717, 1.165) is 49.9 Å². The molecule has 0 unspecified atom stereocenters. The topological polar surface area (TPSA) is 48.5 Å². The molecule has 0 aliphatic rings. The first-order valence-corrected chi connectivity index (χ1v) is 19.6. The van der Waals surface area contributed by atoms with Gasteiger partial charge in [-0.3, -0.25) is 0 Å². The molecule has 0 bridgehead atoms. The molecule has 0 atom stereocenters. The lowest BCUT2D eigenvalue weighted by Gasteiger charge is -2.15. The molecule has 12 aromatic rings. The van der Waals surface area contributed by atoms with Gasteiger partial charge in [-0.2, -0.15) is 0 Å². The second kappa shape index (κ2) is 12.8. The van der Waals surface area contributed by atoms with Crippen molar-refractivity contribution in [3.05, 3.63) is 200 Å². The molecule has 5 heteroatoms. The van der Waals surface area contributed by atoms with Crippen molar-refractivity contribution >= 4 is 65.2 Å². The Kier molecular flexibility index (Phi) is 7.16. The summed E-state index contributed by atoms with van der Waals surface area (Å²) in [6, 6.07) is 70.9. The van der Waals surface area contributed by atoms with Crippen LogP contribution >= 0.6 is 0 Å². The van der Waals surface area contributed by atoms with Crippen molar-refractivity contribution in [2.75, 3.05) is 0 Å². The minimum Gasteiger partial charge on any atom is -0.309 e. The van der Waals surface area contributed by atoms with Crippen molar-refractivity contribution in [3.8, 4) is 45.5 Å². The fraction of sp³-hybridized carbons (Fsp3) is 0. The van der Waals surface area contributed by atoms with E-state index in [0.29, 0.717) is 17.5 Å². The van der Waals surface area contributed by atoms with E-state index >= 15 is 0 Å². The third-order valence-electron chi connectivity index (χ3n) is 11.5. The Bertz CT molecular complexity index is 3490. The summed E-state index contributed by atoms with van der Waals surface area (Å²) in [5.41, 5.74) is 9.77. The smallest absolute Gasteiger partial charge is 0.164 e. The zero-order valence-electron chi connectivity index (χ0n) is 31.3. The van der Waals surface area contributed by atoms with Crippen molar-refractivity contribution in [1.82, 2.24) is 24.1 Å². The number of aromatic nitrogens is 5. The highest BCUT2D eigenvalue weighted by Gasteiger charge is 2.23. The number of para-hydroxylation sites is 2. The molecule has 0 amide bonds. The molecule has 0 saturated heterocycles. The maximum atomic E-state index is 5.14. The summed E-state index contributed by atoms with van der Waals surface area (Å²) < 4.78 is 4.92. The van der Waals surface area contributed by atoms with E-state index in [9.17, 15) is 0 Å². The van der Waals surface area contributed by atoms with Crippen LogP contribution in [0.3, 0.4) is 0 Å². The molecule has 0 N–H and O–H groups in total. The van der Waals surface area contributed by atoms with Gasteiger partial charge < -0.3 is 9.13 Å². The lowest BCUT2D eigenvalue weighted by Crippen LogP contribution is -2.01. The van der Waals surface area contributed by atoms with Gasteiger partial charge in [0, 0.05) is 49.3 Å². The van der Waals surface area contributed by atoms with E-state index in [1.165, 1.54) is 43.4 Å². The first kappa shape index (κ1) is 32.4. The minimum atomic E-state index is 0.637. The van der Waals surface area contributed by atoms with Gasteiger partial charge in [0.05, 0.1) is 27.8 Å². The lowest BCUT2D eigenvalue weighted by molar-refractivity contribution is 1.08. The average molecular weight is 740 g/mol. The number of nitrogens with zero attached hydrogens (tertiary/aromatic N) is 5. The van der Waals surface area contributed by atoms with Gasteiger partial charge in [0.2, 0.25) is 0 Å². The fourth-order valence-electron chi connectivity index (χ4n) is 9.04. The molecule has 12 rings (SSSR count). The van der Waals surface area contributed by atoms with Crippen LogP contribution in [0.1, 0.15) is 0 Å². The molecule has 270 valence electrons. The first-order valence-electron chi connectivity index (χ1n) is 19.6. The number of hydrogen-bond donors (Lipinski definition) is 0. The van der Waals surface area contributed by atoms with Gasteiger partial charge in [-0.05, 0) is 52.6 Å². The van der Waals surface area contributed by atoms with E-state index in [-0.39, 0.29) is 0 Å². The van der Waals surface area contributed by atoms with E-state index < -0.39 is 0 Å². The minimum absolute atomic E-state index is 0.637. The monoisotopic (exact) mass is 739 g/mol. The average Bonchev–Trinajstić information content (AvgIpc) is 3.82. The fourth-order valence-corrected chi connectivity index (χ4v) is 9.04. The van der Waals surface area contributed by atoms with Crippen molar-refractivity contribution in [2.45, 2.75) is 0 Å². The molecule has 0 radical (unpaired) electrons. The highest BCUT2D eigenvalue weighted by molar-refractivity contribution is 6.31. The summed E-state index contributed by atoms with van der Waals surface area (Å²) in [6.45, 7) is 0. The Morgan fingerprint density at radius 3 is 1.64 bits per heavy atom. The zero-order chi connectivity index (χ0) is 38.2. The summed E-state index contributed by atoms with van der Waals surface area (Å²) in [4.78, 5) is 15.2. The Balaban J connectivity index is 1.18. The lowest BCUT2D eigenvalue weighted by atomic mass is 10.0. The summed E-state index contributed by atoms with van der Waals surface area (Å²) in [6.07, 6.45) is 0. The first-order chi connectivity index (χ1) is 28.8. The molecule has 0 fully saturated rings. The predicted molar refractivity (Wildman–Crippen MR) is 240 cm³/mol. The van der Waals surface area contributed by atoms with Gasteiger partial charge in [-0.1, -0.05) is 164 Å². The summed E-state index contributed by atoms with van der Waals surface area (Å²) in [7, 11) is 0. The van der Waals surface area contributed by atoms with Crippen LogP contribution in [0.25, 0.3) is 111 Å². The second-order valence-corrected chi connectivity index (χ2v) is 14.8. The summed E-state index contributed by atoms with van der Waals surface area (Å²) >= 11 is 0. The molecule has 5 nitrogen and oxygen atoms in total. The van der Waals surface area contributed by atoms with E-state index in [2.05, 4.69) is 173 Å². The number of hydrogen-bond acceptors (Lipinski definition) is 3. The number of benzene rings is 9. The predicted octanol–water partition coefficient (Wildman–Crippen LogP) is 13.4. The quantitative estimate of drug-likeness (QED) is 0.177. The van der Waals surface area contributed by atoms with Gasteiger partial charge in [0.15, 0.2) is 17.5 Å². The van der Waals surface area contributed by atoms with Crippen LogP contribution in [-0.4, -0.2) is 24.1 Å². The van der Waals surface area contributed by atoms with E-state index in [4.69, 9.17) is 15.0 Å². The van der Waals surface area contributed by atoms with Gasteiger partial charge in [-0.15, -0.1) is 0 Å². The molecule has 3 heterocycles. The van der Waals surface area contributed by atoms with Crippen molar-refractivity contribution in [2.24, 2.45) is 0 Å². The third kappa shape index (κ3) is 4.87. The van der Waals surface area contributed by atoms with Crippen LogP contribution in [-0.2, 0) is 0 Å². The molecule has 0 aliphatic carbocycles. The Morgan fingerprint density at radius 1 is 0.310 bits per heavy atom. The van der Waals surface area contributed by atoms with Crippen LogP contribution in [0.2, 0.25) is 0 Å². The van der Waals surface area contributed by atoms with Gasteiger partial charge in [0.25, 0.3) is 0 Å². The Morgan fingerprint density at radius 2 is 0.879 bits per heavy atom. The van der Waals surface area contributed by atoms with Crippen molar-refractivity contribution < 1.29 is 0 Å². The van der Waals surface area contributed by atoms with Gasteiger partial charge in [-0.25, -0.2) is 15.0 Å². The Labute approximate surface area is 333 Å². The van der Waals surface area contributed by atoms with Crippen LogP contribution in [0.4, 0.5) is 0 Å². The SMILES string of the molecule is c1ccc(-c2nc(-c3ccccc3)nc(-c3cccc4c(-n5c6ccc7ccccc7c6c6c5ccc5c7ccccc7n(-c7ccccc7)c56)cccc34)n2)cc1. The van der Waals surface area contributed by atoms with Crippen LogP contribution in [0, 0.1) is 0 Å². The molecule has 0 aliphatic heterocycles.